The number of carbonyl (C=O) groups is 1. The van der Waals surface area contributed by atoms with Crippen LogP contribution >= 0.6 is 0 Å². The molecular formula is C9H17NO2. The van der Waals surface area contributed by atoms with Crippen molar-refractivity contribution >= 4 is 5.78 Å². The Morgan fingerprint density at radius 2 is 2.42 bits per heavy atom. The third-order valence-corrected chi connectivity index (χ3v) is 2.46. The predicted octanol–water partition coefficient (Wildman–Crippen LogP) is 0.590. The van der Waals surface area contributed by atoms with Crippen molar-refractivity contribution in [3.63, 3.8) is 0 Å². The Kier molecular flexibility index (Phi) is 3.69. The molecule has 0 aromatic heterocycles. The van der Waals surface area contributed by atoms with Crippen molar-refractivity contribution < 1.29 is 9.53 Å². The summed E-state index contributed by atoms with van der Waals surface area (Å²) < 4.78 is 4.83. The lowest BCUT2D eigenvalue weighted by atomic mass is 9.88. The van der Waals surface area contributed by atoms with Crippen molar-refractivity contribution in [3.05, 3.63) is 0 Å². The second-order valence-corrected chi connectivity index (χ2v) is 3.39. The molecule has 0 spiro atoms. The third kappa shape index (κ3) is 2.29. The Morgan fingerprint density at radius 1 is 1.67 bits per heavy atom. The normalized spacial score (nSPS) is 30.2. The molecule has 3 heteroatoms. The molecule has 70 valence electrons. The first kappa shape index (κ1) is 9.68. The minimum Gasteiger partial charge on any atom is -0.377 e. The maximum atomic E-state index is 11.4. The van der Waals surface area contributed by atoms with Gasteiger partial charge in [0, 0.05) is 19.1 Å². The molecular weight excluding hydrogens is 154 g/mol. The average Bonchev–Trinajstić information content (AvgIpc) is 2.05. The highest BCUT2D eigenvalue weighted by Gasteiger charge is 2.26. The Hall–Kier alpha value is -0.410. The van der Waals surface area contributed by atoms with Gasteiger partial charge in [0.15, 0.2) is 5.78 Å². The number of hydrogen-bond acceptors (Lipinski definition) is 3. The van der Waals surface area contributed by atoms with Gasteiger partial charge in [0.2, 0.25) is 0 Å². The molecule has 0 aromatic carbocycles. The smallest absolute Gasteiger partial charge is 0.163 e. The van der Waals surface area contributed by atoms with Gasteiger partial charge >= 0.3 is 0 Å². The molecule has 0 bridgehead atoms. The van der Waals surface area contributed by atoms with Gasteiger partial charge in [0.05, 0.1) is 0 Å². The van der Waals surface area contributed by atoms with E-state index in [2.05, 4.69) is 12.2 Å². The number of ether oxygens (including phenoxy) is 1. The summed E-state index contributed by atoms with van der Waals surface area (Å²) >= 11 is 0. The lowest BCUT2D eigenvalue weighted by Crippen LogP contribution is -2.43. The van der Waals surface area contributed by atoms with Gasteiger partial charge in [-0.1, -0.05) is 0 Å². The van der Waals surface area contributed by atoms with Crippen molar-refractivity contribution in [2.45, 2.75) is 25.8 Å². The number of carbonyl (C=O) groups excluding carboxylic acids is 1. The quantitative estimate of drug-likeness (QED) is 0.675. The van der Waals surface area contributed by atoms with E-state index in [4.69, 9.17) is 4.74 Å². The highest BCUT2D eigenvalue weighted by atomic mass is 16.5. The van der Waals surface area contributed by atoms with Gasteiger partial charge in [-0.25, -0.2) is 0 Å². The zero-order valence-corrected chi connectivity index (χ0v) is 7.80. The van der Waals surface area contributed by atoms with Crippen LogP contribution in [0, 0.1) is 5.92 Å². The molecule has 1 rings (SSSR count). The summed E-state index contributed by atoms with van der Waals surface area (Å²) in [6, 6.07) is 0.321. The maximum absolute atomic E-state index is 11.4. The maximum Gasteiger partial charge on any atom is 0.163 e. The van der Waals surface area contributed by atoms with Crippen LogP contribution in [0.2, 0.25) is 0 Å². The van der Waals surface area contributed by atoms with Crippen LogP contribution < -0.4 is 5.32 Å². The highest BCUT2D eigenvalue weighted by Crippen LogP contribution is 2.16. The number of ketones is 1. The summed E-state index contributed by atoms with van der Waals surface area (Å²) in [4.78, 5) is 11.4. The minimum atomic E-state index is 0.165. The molecule has 0 radical (unpaired) electrons. The van der Waals surface area contributed by atoms with E-state index in [1.165, 1.54) is 0 Å². The van der Waals surface area contributed by atoms with Gasteiger partial charge < -0.3 is 10.1 Å². The Bertz CT molecular complexity index is 159. The number of piperidine rings is 1. The highest BCUT2D eigenvalue weighted by molar-refractivity contribution is 5.82. The van der Waals surface area contributed by atoms with Crippen LogP contribution in [0.25, 0.3) is 0 Å². The van der Waals surface area contributed by atoms with E-state index >= 15 is 0 Å². The van der Waals surface area contributed by atoms with E-state index in [9.17, 15) is 4.79 Å². The van der Waals surface area contributed by atoms with Crippen molar-refractivity contribution in [2.24, 2.45) is 5.92 Å². The van der Waals surface area contributed by atoms with Crippen LogP contribution in [-0.2, 0) is 9.53 Å². The Balaban J connectivity index is 2.42. The van der Waals surface area contributed by atoms with Crippen LogP contribution in [0.15, 0.2) is 0 Å². The fourth-order valence-corrected chi connectivity index (χ4v) is 1.73. The largest absolute Gasteiger partial charge is 0.377 e. The van der Waals surface area contributed by atoms with Crippen molar-refractivity contribution in [2.75, 3.05) is 20.3 Å². The van der Waals surface area contributed by atoms with Crippen molar-refractivity contribution in [1.82, 2.24) is 5.32 Å². The monoisotopic (exact) mass is 171 g/mol. The zero-order valence-electron chi connectivity index (χ0n) is 7.80. The zero-order chi connectivity index (χ0) is 8.97. The number of Topliss-reactive ketones (excluding diaryl/α,β-unsaturated/α-hetero) is 1. The molecule has 0 aliphatic carbocycles. The predicted molar refractivity (Wildman–Crippen MR) is 47.1 cm³/mol. The molecule has 1 aliphatic rings. The molecule has 0 amide bonds. The van der Waals surface area contributed by atoms with Crippen molar-refractivity contribution in [3.8, 4) is 0 Å². The Labute approximate surface area is 73.5 Å². The molecule has 1 aliphatic heterocycles. The fourth-order valence-electron chi connectivity index (χ4n) is 1.73. The molecule has 3 nitrogen and oxygen atoms in total. The summed E-state index contributed by atoms with van der Waals surface area (Å²) in [5.41, 5.74) is 0. The van der Waals surface area contributed by atoms with Gasteiger partial charge in [-0.15, -0.1) is 0 Å². The lowest BCUT2D eigenvalue weighted by Gasteiger charge is -2.28. The Morgan fingerprint density at radius 3 is 3.00 bits per heavy atom. The molecule has 0 saturated carbocycles. The first-order chi connectivity index (χ1) is 5.75. The first-order valence-corrected chi connectivity index (χ1v) is 4.50. The molecule has 1 N–H and O–H groups in total. The molecule has 1 fully saturated rings. The van der Waals surface area contributed by atoms with E-state index in [1.54, 1.807) is 7.11 Å². The van der Waals surface area contributed by atoms with Crippen LogP contribution in [-0.4, -0.2) is 32.1 Å². The molecule has 1 saturated heterocycles. The molecule has 1 heterocycles. The summed E-state index contributed by atoms with van der Waals surface area (Å²) in [5, 5.41) is 3.29. The van der Waals surface area contributed by atoms with Crippen LogP contribution in [0.4, 0.5) is 0 Å². The summed E-state index contributed by atoms with van der Waals surface area (Å²) in [6.45, 7) is 3.37. The standard InChI is InChI=1S/C9H17NO2/c1-7-8(4-3-5-10-7)9(11)6-12-2/h7-8,10H,3-6H2,1-2H3. The first-order valence-electron chi connectivity index (χ1n) is 4.50. The van der Waals surface area contributed by atoms with Crippen LogP contribution in [0.1, 0.15) is 19.8 Å². The van der Waals surface area contributed by atoms with E-state index in [-0.39, 0.29) is 18.3 Å². The summed E-state index contributed by atoms with van der Waals surface area (Å²) in [6.07, 6.45) is 2.11. The van der Waals surface area contributed by atoms with E-state index in [0.29, 0.717) is 6.04 Å². The fraction of sp³-hybridized carbons (Fsp3) is 0.889. The van der Waals surface area contributed by atoms with Gasteiger partial charge in [0.1, 0.15) is 6.61 Å². The second-order valence-electron chi connectivity index (χ2n) is 3.39. The SMILES string of the molecule is COCC(=O)C1CCCNC1C. The molecule has 12 heavy (non-hydrogen) atoms. The van der Waals surface area contributed by atoms with E-state index in [0.717, 1.165) is 19.4 Å². The van der Waals surface area contributed by atoms with Crippen LogP contribution in [0.5, 0.6) is 0 Å². The average molecular weight is 171 g/mol. The number of rotatable bonds is 3. The summed E-state index contributed by atoms with van der Waals surface area (Å²) in [5.74, 6) is 0.399. The number of nitrogens with one attached hydrogen (secondary N) is 1. The van der Waals surface area contributed by atoms with Crippen molar-refractivity contribution in [1.29, 1.82) is 0 Å². The van der Waals surface area contributed by atoms with Crippen LogP contribution in [0.3, 0.4) is 0 Å². The molecule has 0 aromatic rings. The van der Waals surface area contributed by atoms with Gasteiger partial charge in [-0.05, 0) is 26.3 Å². The molecule has 2 unspecified atom stereocenters. The second kappa shape index (κ2) is 4.58. The van der Waals surface area contributed by atoms with Gasteiger partial charge in [0.25, 0.3) is 0 Å². The van der Waals surface area contributed by atoms with Gasteiger partial charge in [-0.3, -0.25) is 4.79 Å². The lowest BCUT2D eigenvalue weighted by molar-refractivity contribution is -0.128. The van der Waals surface area contributed by atoms with E-state index in [1.807, 2.05) is 0 Å². The van der Waals surface area contributed by atoms with E-state index < -0.39 is 0 Å². The minimum absolute atomic E-state index is 0.165. The third-order valence-electron chi connectivity index (χ3n) is 2.46. The number of methoxy groups -OCH3 is 1. The number of hydrogen-bond donors (Lipinski definition) is 1. The van der Waals surface area contributed by atoms with Gasteiger partial charge in [-0.2, -0.15) is 0 Å². The topological polar surface area (TPSA) is 38.3 Å². The summed E-state index contributed by atoms with van der Waals surface area (Å²) in [7, 11) is 1.57. The molecule has 2 atom stereocenters.